The standard InChI is InChI=1S/2C8H11N.ClH.2H2S/c2*1-7(9)8-5-3-2-4-6-8;;;/h2*2-7H,9H2,1H3;1H;2*1H2/t2*7-;;;/m00.../s1. The zero-order valence-electron chi connectivity index (χ0n) is 12.5. The summed E-state index contributed by atoms with van der Waals surface area (Å²) in [5.41, 5.74) is 13.6. The van der Waals surface area contributed by atoms with Gasteiger partial charge in [-0.15, -0.1) is 12.4 Å². The molecule has 0 bridgehead atoms. The van der Waals surface area contributed by atoms with E-state index in [9.17, 15) is 0 Å². The molecule has 0 heterocycles. The third kappa shape index (κ3) is 10.7. The monoisotopic (exact) mass is 346 g/mol. The van der Waals surface area contributed by atoms with Crippen molar-refractivity contribution in [3.8, 4) is 0 Å². The van der Waals surface area contributed by atoms with Crippen LogP contribution in [0.25, 0.3) is 0 Å². The lowest BCUT2D eigenvalue weighted by Crippen LogP contribution is -2.03. The molecule has 0 amide bonds. The van der Waals surface area contributed by atoms with Gasteiger partial charge < -0.3 is 11.5 Å². The fraction of sp³-hybridized carbons (Fsp3) is 0.250. The van der Waals surface area contributed by atoms with Crippen molar-refractivity contribution in [2.75, 3.05) is 0 Å². The van der Waals surface area contributed by atoms with Crippen LogP contribution in [0, 0.1) is 0 Å². The van der Waals surface area contributed by atoms with E-state index >= 15 is 0 Å². The molecule has 4 N–H and O–H groups in total. The first-order valence-corrected chi connectivity index (χ1v) is 6.22. The number of nitrogens with two attached hydrogens (primary N) is 2. The van der Waals surface area contributed by atoms with E-state index in [1.807, 2.05) is 74.5 Å². The van der Waals surface area contributed by atoms with E-state index < -0.39 is 0 Å². The quantitative estimate of drug-likeness (QED) is 0.861. The Morgan fingerprint density at radius 3 is 1.00 bits per heavy atom. The van der Waals surface area contributed by atoms with Gasteiger partial charge in [-0.05, 0) is 25.0 Å². The van der Waals surface area contributed by atoms with Gasteiger partial charge in [0.1, 0.15) is 0 Å². The summed E-state index contributed by atoms with van der Waals surface area (Å²) in [4.78, 5) is 0. The average Bonchev–Trinajstić information content (AvgIpc) is 2.41. The van der Waals surface area contributed by atoms with Crippen LogP contribution in [0.5, 0.6) is 0 Å². The highest BCUT2D eigenvalue weighted by Gasteiger charge is 1.94. The average molecular weight is 347 g/mol. The van der Waals surface area contributed by atoms with E-state index in [2.05, 4.69) is 0 Å². The van der Waals surface area contributed by atoms with Crippen molar-refractivity contribution in [2.24, 2.45) is 11.5 Å². The first-order valence-electron chi connectivity index (χ1n) is 6.22. The number of hydrogen-bond acceptors (Lipinski definition) is 2. The zero-order chi connectivity index (χ0) is 13.4. The maximum atomic E-state index is 5.61. The minimum Gasteiger partial charge on any atom is -0.324 e. The molecule has 2 rings (SSSR count). The van der Waals surface area contributed by atoms with Crippen LogP contribution in [-0.4, -0.2) is 0 Å². The Hall–Kier alpha value is -0.650. The van der Waals surface area contributed by atoms with Crippen LogP contribution in [0.4, 0.5) is 0 Å². The Labute approximate surface area is 148 Å². The van der Waals surface area contributed by atoms with E-state index in [0.29, 0.717) is 0 Å². The van der Waals surface area contributed by atoms with Gasteiger partial charge in [0.25, 0.3) is 0 Å². The van der Waals surface area contributed by atoms with Gasteiger partial charge in [0.05, 0.1) is 0 Å². The van der Waals surface area contributed by atoms with Crippen molar-refractivity contribution in [1.82, 2.24) is 0 Å². The van der Waals surface area contributed by atoms with Gasteiger partial charge in [-0.2, -0.15) is 27.0 Å². The smallest absolute Gasteiger partial charge is 0.0266 e. The van der Waals surface area contributed by atoms with Crippen molar-refractivity contribution >= 4 is 39.4 Å². The molecule has 0 aliphatic heterocycles. The Bertz CT molecular complexity index is 393. The van der Waals surface area contributed by atoms with Gasteiger partial charge in [0.2, 0.25) is 0 Å². The van der Waals surface area contributed by atoms with Crippen molar-refractivity contribution in [1.29, 1.82) is 0 Å². The van der Waals surface area contributed by atoms with Crippen LogP contribution in [0.1, 0.15) is 37.1 Å². The highest BCUT2D eigenvalue weighted by Crippen LogP contribution is 2.07. The van der Waals surface area contributed by atoms with Gasteiger partial charge in [-0.25, -0.2) is 0 Å². The molecule has 2 atom stereocenters. The number of halogens is 1. The largest absolute Gasteiger partial charge is 0.324 e. The number of rotatable bonds is 2. The molecule has 2 aromatic rings. The van der Waals surface area contributed by atoms with E-state index in [0.717, 1.165) is 0 Å². The second-order valence-electron chi connectivity index (χ2n) is 4.40. The number of hydrogen-bond donors (Lipinski definition) is 2. The maximum Gasteiger partial charge on any atom is 0.0266 e. The van der Waals surface area contributed by atoms with E-state index in [1.165, 1.54) is 11.1 Å². The molecule has 0 aromatic heterocycles. The van der Waals surface area contributed by atoms with Gasteiger partial charge in [0.15, 0.2) is 0 Å². The van der Waals surface area contributed by atoms with E-state index in [-0.39, 0.29) is 51.5 Å². The molecule has 2 nitrogen and oxygen atoms in total. The normalized spacial score (nSPS) is 11.2. The summed E-state index contributed by atoms with van der Waals surface area (Å²) in [6, 6.07) is 20.4. The lowest BCUT2D eigenvalue weighted by atomic mass is 10.1. The van der Waals surface area contributed by atoms with Crippen LogP contribution in [0.15, 0.2) is 60.7 Å². The molecule has 0 radical (unpaired) electrons. The van der Waals surface area contributed by atoms with Crippen LogP contribution in [0.2, 0.25) is 0 Å². The summed E-state index contributed by atoms with van der Waals surface area (Å²) in [6.07, 6.45) is 0. The van der Waals surface area contributed by atoms with Gasteiger partial charge in [0, 0.05) is 12.1 Å². The van der Waals surface area contributed by atoms with Crippen LogP contribution < -0.4 is 11.5 Å². The SMILES string of the molecule is C[C@H](N)c1ccccc1.C[C@H](N)c1ccccc1.Cl.S.S. The summed E-state index contributed by atoms with van der Waals surface area (Å²) in [5.74, 6) is 0. The second kappa shape index (κ2) is 14.3. The van der Waals surface area contributed by atoms with Crippen LogP contribution >= 0.6 is 39.4 Å². The summed E-state index contributed by atoms with van der Waals surface area (Å²) in [6.45, 7) is 3.96. The molecular weight excluding hydrogens is 320 g/mol. The summed E-state index contributed by atoms with van der Waals surface area (Å²) < 4.78 is 0. The highest BCUT2D eigenvalue weighted by atomic mass is 35.5. The van der Waals surface area contributed by atoms with Gasteiger partial charge in [-0.1, -0.05) is 60.7 Å². The van der Waals surface area contributed by atoms with Crippen LogP contribution in [-0.2, 0) is 0 Å². The zero-order valence-corrected chi connectivity index (χ0v) is 15.3. The molecule has 120 valence electrons. The Kier molecular flexibility index (Phi) is 17.2. The third-order valence-electron chi connectivity index (χ3n) is 2.65. The van der Waals surface area contributed by atoms with Crippen molar-refractivity contribution in [2.45, 2.75) is 25.9 Å². The lowest BCUT2D eigenvalue weighted by Gasteiger charge is -2.02. The van der Waals surface area contributed by atoms with Crippen molar-refractivity contribution in [3.05, 3.63) is 71.8 Å². The first-order chi connectivity index (χ1) is 8.61. The molecule has 5 heteroatoms. The molecule has 0 saturated heterocycles. The molecule has 0 saturated carbocycles. The minimum absolute atomic E-state index is 0. The Morgan fingerprint density at radius 1 is 0.619 bits per heavy atom. The summed E-state index contributed by atoms with van der Waals surface area (Å²) in [7, 11) is 0. The first kappa shape index (κ1) is 25.3. The van der Waals surface area contributed by atoms with Crippen molar-refractivity contribution < 1.29 is 0 Å². The predicted octanol–water partition coefficient (Wildman–Crippen LogP) is 4.06. The van der Waals surface area contributed by atoms with Gasteiger partial charge in [-0.3, -0.25) is 0 Å². The molecule has 0 aliphatic rings. The second-order valence-corrected chi connectivity index (χ2v) is 4.40. The Balaban J connectivity index is -0.000000270. The predicted molar refractivity (Wildman–Crippen MR) is 106 cm³/mol. The van der Waals surface area contributed by atoms with E-state index in [1.54, 1.807) is 0 Å². The molecule has 2 aromatic carbocycles. The minimum atomic E-state index is 0. The highest BCUT2D eigenvalue weighted by molar-refractivity contribution is 7.59. The number of benzene rings is 2. The lowest BCUT2D eigenvalue weighted by molar-refractivity contribution is 0.818. The maximum absolute atomic E-state index is 5.61. The summed E-state index contributed by atoms with van der Waals surface area (Å²) >= 11 is 0. The molecule has 21 heavy (non-hydrogen) atoms. The Morgan fingerprint density at radius 2 is 0.857 bits per heavy atom. The van der Waals surface area contributed by atoms with E-state index in [4.69, 9.17) is 11.5 Å². The third-order valence-corrected chi connectivity index (χ3v) is 2.65. The van der Waals surface area contributed by atoms with Crippen molar-refractivity contribution in [3.63, 3.8) is 0 Å². The molecule has 0 spiro atoms. The fourth-order valence-electron chi connectivity index (χ4n) is 1.51. The fourth-order valence-corrected chi connectivity index (χ4v) is 1.51. The molecule has 0 aliphatic carbocycles. The van der Waals surface area contributed by atoms with Crippen LogP contribution in [0.3, 0.4) is 0 Å². The molecule has 0 fully saturated rings. The molecular formula is C16H27ClN2S2. The topological polar surface area (TPSA) is 52.0 Å². The summed E-state index contributed by atoms with van der Waals surface area (Å²) in [5, 5.41) is 0. The molecule has 0 unspecified atom stereocenters. The van der Waals surface area contributed by atoms with Gasteiger partial charge >= 0.3 is 0 Å².